The van der Waals surface area contributed by atoms with Gasteiger partial charge in [0.25, 0.3) is 0 Å². The smallest absolute Gasteiger partial charge is 0.357 e. The molecule has 6 heteroatoms. The Hall–Kier alpha value is -1.27. The number of aldehydes is 1. The molecule has 1 heterocycles. The lowest BCUT2D eigenvalue weighted by molar-refractivity contribution is -0.107. The molecule has 0 radical (unpaired) electrons. The maximum absolute atomic E-state index is 11.4. The summed E-state index contributed by atoms with van der Waals surface area (Å²) in [5.41, 5.74) is 0.387. The predicted molar refractivity (Wildman–Crippen MR) is 69.9 cm³/mol. The highest BCUT2D eigenvalue weighted by Gasteiger charge is 2.10. The van der Waals surface area contributed by atoms with E-state index < -0.39 is 0 Å². The van der Waals surface area contributed by atoms with Gasteiger partial charge in [-0.25, -0.2) is 9.78 Å². The number of nitrogens with zero attached hydrogens (tertiary/aromatic N) is 1. The van der Waals surface area contributed by atoms with Crippen LogP contribution in [0, 0.1) is 0 Å². The SMILES string of the molecule is CCOC(=O)c1csc(CCNCCCC=O)n1. The Balaban J connectivity index is 2.23. The lowest BCUT2D eigenvalue weighted by atomic mass is 10.3. The number of unbranched alkanes of at least 4 members (excludes halogenated alkanes) is 1. The average Bonchev–Trinajstić information content (AvgIpc) is 2.83. The van der Waals surface area contributed by atoms with Crippen LogP contribution in [0.5, 0.6) is 0 Å². The summed E-state index contributed by atoms with van der Waals surface area (Å²) in [6.45, 7) is 3.77. The Morgan fingerprint density at radius 1 is 1.56 bits per heavy atom. The number of nitrogens with one attached hydrogen (secondary N) is 1. The van der Waals surface area contributed by atoms with Crippen LogP contribution in [0.3, 0.4) is 0 Å². The van der Waals surface area contributed by atoms with Crippen LogP contribution in [0.2, 0.25) is 0 Å². The number of aromatic nitrogens is 1. The molecular formula is C12H18N2O3S. The fourth-order valence-corrected chi connectivity index (χ4v) is 2.12. The van der Waals surface area contributed by atoms with Crippen LogP contribution in [0.1, 0.15) is 35.3 Å². The lowest BCUT2D eigenvalue weighted by Gasteiger charge is -2.00. The largest absolute Gasteiger partial charge is 0.461 e. The molecule has 0 atom stereocenters. The van der Waals surface area contributed by atoms with Gasteiger partial charge in [0, 0.05) is 24.8 Å². The average molecular weight is 270 g/mol. The highest BCUT2D eigenvalue weighted by molar-refractivity contribution is 7.09. The van der Waals surface area contributed by atoms with Crippen LogP contribution in [-0.2, 0) is 16.0 Å². The van der Waals surface area contributed by atoms with E-state index >= 15 is 0 Å². The summed E-state index contributed by atoms with van der Waals surface area (Å²) in [4.78, 5) is 25.7. The fourth-order valence-electron chi connectivity index (χ4n) is 1.36. The number of hydrogen-bond donors (Lipinski definition) is 1. The molecule has 0 aromatic carbocycles. The van der Waals surface area contributed by atoms with E-state index in [-0.39, 0.29) is 5.97 Å². The topological polar surface area (TPSA) is 68.3 Å². The van der Waals surface area contributed by atoms with Crippen LogP contribution >= 0.6 is 11.3 Å². The monoisotopic (exact) mass is 270 g/mol. The summed E-state index contributed by atoms with van der Waals surface area (Å²) in [5.74, 6) is -0.362. The Morgan fingerprint density at radius 3 is 3.11 bits per heavy atom. The summed E-state index contributed by atoms with van der Waals surface area (Å²) in [6, 6.07) is 0. The van der Waals surface area contributed by atoms with Crippen molar-refractivity contribution in [1.29, 1.82) is 0 Å². The van der Waals surface area contributed by atoms with E-state index in [9.17, 15) is 9.59 Å². The van der Waals surface area contributed by atoms with Gasteiger partial charge in [-0.15, -0.1) is 11.3 Å². The van der Waals surface area contributed by atoms with Gasteiger partial charge in [-0.3, -0.25) is 0 Å². The standard InChI is InChI=1S/C12H18N2O3S/c1-2-17-12(16)10-9-18-11(14-10)5-7-13-6-3-4-8-15/h8-9,13H,2-7H2,1H3. The Bertz CT molecular complexity index is 379. The zero-order valence-electron chi connectivity index (χ0n) is 10.5. The van der Waals surface area contributed by atoms with Crippen LogP contribution in [0.4, 0.5) is 0 Å². The van der Waals surface area contributed by atoms with Gasteiger partial charge < -0.3 is 14.8 Å². The molecule has 100 valence electrons. The summed E-state index contributed by atoms with van der Waals surface area (Å²) in [6.07, 6.45) is 3.16. The van der Waals surface area contributed by atoms with E-state index in [1.54, 1.807) is 12.3 Å². The number of carbonyl (C=O) groups is 2. The third-order valence-electron chi connectivity index (χ3n) is 2.23. The van der Waals surface area contributed by atoms with Gasteiger partial charge in [0.15, 0.2) is 5.69 Å². The van der Waals surface area contributed by atoms with Gasteiger partial charge >= 0.3 is 5.97 Å². The Labute approximate surface area is 111 Å². The molecule has 0 spiro atoms. The molecule has 0 amide bonds. The summed E-state index contributed by atoms with van der Waals surface area (Å²) < 4.78 is 4.87. The lowest BCUT2D eigenvalue weighted by Crippen LogP contribution is -2.18. The van der Waals surface area contributed by atoms with Gasteiger partial charge in [0.2, 0.25) is 0 Å². The van der Waals surface area contributed by atoms with Crippen molar-refractivity contribution in [3.63, 3.8) is 0 Å². The molecular weight excluding hydrogens is 252 g/mol. The Morgan fingerprint density at radius 2 is 2.39 bits per heavy atom. The second kappa shape index (κ2) is 8.77. The minimum atomic E-state index is -0.362. The molecule has 5 nitrogen and oxygen atoms in total. The maximum atomic E-state index is 11.4. The molecule has 1 N–H and O–H groups in total. The van der Waals surface area contributed by atoms with Crippen molar-refractivity contribution in [2.75, 3.05) is 19.7 Å². The van der Waals surface area contributed by atoms with Crippen molar-refractivity contribution in [2.24, 2.45) is 0 Å². The highest BCUT2D eigenvalue weighted by Crippen LogP contribution is 2.11. The molecule has 1 aromatic rings. The molecule has 0 aliphatic rings. The quantitative estimate of drug-likeness (QED) is 0.418. The first kappa shape index (κ1) is 14.8. The fraction of sp³-hybridized carbons (Fsp3) is 0.583. The number of ether oxygens (including phenoxy) is 1. The third kappa shape index (κ3) is 5.37. The molecule has 0 aliphatic heterocycles. The zero-order valence-corrected chi connectivity index (χ0v) is 11.3. The minimum Gasteiger partial charge on any atom is -0.461 e. The molecule has 0 saturated heterocycles. The molecule has 0 fully saturated rings. The first-order valence-electron chi connectivity index (χ1n) is 6.03. The predicted octanol–water partition coefficient (Wildman–Crippen LogP) is 1.43. The molecule has 0 unspecified atom stereocenters. The molecule has 18 heavy (non-hydrogen) atoms. The number of esters is 1. The maximum Gasteiger partial charge on any atom is 0.357 e. The van der Waals surface area contributed by atoms with Crippen molar-refractivity contribution >= 4 is 23.6 Å². The van der Waals surface area contributed by atoms with Crippen molar-refractivity contribution in [3.8, 4) is 0 Å². The minimum absolute atomic E-state index is 0.362. The highest BCUT2D eigenvalue weighted by atomic mass is 32.1. The molecule has 0 aliphatic carbocycles. The normalized spacial score (nSPS) is 10.3. The van der Waals surface area contributed by atoms with Crippen LogP contribution in [0.15, 0.2) is 5.38 Å². The number of carbonyl (C=O) groups excluding carboxylic acids is 2. The van der Waals surface area contributed by atoms with Crippen molar-refractivity contribution in [3.05, 3.63) is 16.1 Å². The van der Waals surface area contributed by atoms with E-state index in [1.807, 2.05) is 0 Å². The van der Waals surface area contributed by atoms with Crippen LogP contribution in [0.25, 0.3) is 0 Å². The second-order valence-electron chi connectivity index (χ2n) is 3.66. The van der Waals surface area contributed by atoms with E-state index in [2.05, 4.69) is 10.3 Å². The third-order valence-corrected chi connectivity index (χ3v) is 3.14. The van der Waals surface area contributed by atoms with Crippen LogP contribution in [-0.4, -0.2) is 36.9 Å². The zero-order chi connectivity index (χ0) is 13.2. The summed E-state index contributed by atoms with van der Waals surface area (Å²) in [5, 5.41) is 5.86. The van der Waals surface area contributed by atoms with E-state index in [4.69, 9.17) is 4.74 Å². The van der Waals surface area contributed by atoms with Gasteiger partial charge in [-0.1, -0.05) is 0 Å². The number of hydrogen-bond acceptors (Lipinski definition) is 6. The van der Waals surface area contributed by atoms with Gasteiger partial charge in [-0.05, 0) is 19.9 Å². The van der Waals surface area contributed by atoms with Gasteiger partial charge in [0.05, 0.1) is 11.6 Å². The van der Waals surface area contributed by atoms with E-state index in [1.165, 1.54) is 11.3 Å². The van der Waals surface area contributed by atoms with Gasteiger partial charge in [-0.2, -0.15) is 0 Å². The van der Waals surface area contributed by atoms with Crippen molar-refractivity contribution < 1.29 is 14.3 Å². The van der Waals surface area contributed by atoms with Crippen molar-refractivity contribution in [2.45, 2.75) is 26.2 Å². The first-order chi connectivity index (χ1) is 8.77. The summed E-state index contributed by atoms with van der Waals surface area (Å²) in [7, 11) is 0. The van der Waals surface area contributed by atoms with E-state index in [0.29, 0.717) is 18.7 Å². The van der Waals surface area contributed by atoms with E-state index in [0.717, 1.165) is 37.2 Å². The second-order valence-corrected chi connectivity index (χ2v) is 4.60. The van der Waals surface area contributed by atoms with Gasteiger partial charge in [0.1, 0.15) is 6.29 Å². The Kier molecular flexibility index (Phi) is 7.20. The van der Waals surface area contributed by atoms with Crippen LogP contribution < -0.4 is 5.32 Å². The number of rotatable bonds is 9. The molecule has 1 rings (SSSR count). The molecule has 0 saturated carbocycles. The molecule has 0 bridgehead atoms. The first-order valence-corrected chi connectivity index (χ1v) is 6.91. The number of thiazole rings is 1. The summed E-state index contributed by atoms with van der Waals surface area (Å²) >= 11 is 1.46. The molecule has 1 aromatic heterocycles. The van der Waals surface area contributed by atoms with Crippen molar-refractivity contribution in [1.82, 2.24) is 10.3 Å².